The van der Waals surface area contributed by atoms with Gasteiger partial charge in [0.1, 0.15) is 11.6 Å². The first-order valence-electron chi connectivity index (χ1n) is 17.6. The Hall–Kier alpha value is -5.30. The van der Waals surface area contributed by atoms with Crippen LogP contribution >= 0.6 is 0 Å². The first-order valence-corrected chi connectivity index (χ1v) is 17.6. The normalized spacial score (nSPS) is 17.6. The van der Waals surface area contributed by atoms with Crippen molar-refractivity contribution in [2.75, 3.05) is 53.4 Å². The monoisotopic (exact) mass is 707 g/mol. The van der Waals surface area contributed by atoms with Crippen LogP contribution in [0.5, 0.6) is 5.75 Å². The van der Waals surface area contributed by atoms with Crippen LogP contribution in [0.25, 0.3) is 10.8 Å². The molecule has 12 heteroatoms. The van der Waals surface area contributed by atoms with Crippen LogP contribution in [0.4, 0.5) is 14.0 Å². The van der Waals surface area contributed by atoms with Crippen LogP contribution < -0.4 is 15.4 Å². The summed E-state index contributed by atoms with van der Waals surface area (Å²) in [7, 11) is 3.86. The first-order chi connectivity index (χ1) is 25.2. The number of hydrazine groups is 1. The molecular weight excluding hydrogens is 661 g/mol. The van der Waals surface area contributed by atoms with Crippen molar-refractivity contribution in [1.29, 1.82) is 0 Å². The summed E-state index contributed by atoms with van der Waals surface area (Å²) >= 11 is 0. The summed E-state index contributed by atoms with van der Waals surface area (Å²) in [6, 6.07) is 26.8. The first kappa shape index (κ1) is 36.5. The number of nitrogens with zero attached hydrogens (tertiary/aromatic N) is 5. The van der Waals surface area contributed by atoms with Gasteiger partial charge in [0.05, 0.1) is 25.3 Å². The lowest BCUT2D eigenvalue weighted by molar-refractivity contribution is -0.151. The minimum Gasteiger partial charge on any atom is -0.410 e. The van der Waals surface area contributed by atoms with E-state index in [4.69, 9.17) is 4.74 Å². The van der Waals surface area contributed by atoms with Gasteiger partial charge in [0, 0.05) is 39.3 Å². The molecule has 2 saturated heterocycles. The van der Waals surface area contributed by atoms with Gasteiger partial charge in [-0.05, 0) is 72.2 Å². The summed E-state index contributed by atoms with van der Waals surface area (Å²) in [4.78, 5) is 46.5. The Morgan fingerprint density at radius 2 is 1.67 bits per heavy atom. The van der Waals surface area contributed by atoms with Gasteiger partial charge in [-0.15, -0.1) is 6.58 Å². The number of urea groups is 1. The average molecular weight is 708 g/mol. The molecule has 2 N–H and O–H groups in total. The number of carbonyl (C=O) groups excluding carboxylic acids is 3. The van der Waals surface area contributed by atoms with E-state index in [2.05, 4.69) is 46.4 Å². The molecule has 4 aromatic rings. The number of rotatable bonds is 13. The summed E-state index contributed by atoms with van der Waals surface area (Å²) < 4.78 is 18.9. The molecular formula is C40H46FN7O4. The molecule has 6 rings (SSSR count). The standard InChI is InChI=1S/C40H46FN7O4/c1-4-21-48(39(50)43-26-30-12-16-33(41)17-13-30)47-24-23-46-36(25-29-14-18-34(19-15-29)52-40(51)42-20-22-44(2)3)38(49)45(28-37(46)47)27-32-10-7-9-31-8-5-6-11-35(31)32/h4-19,36-37H,1,20-28H2,2-3H3,(H,42,51)(H,43,50)/t36?,37-/m0/s1. The Kier molecular flexibility index (Phi) is 11.8. The van der Waals surface area contributed by atoms with Crippen molar-refractivity contribution in [1.82, 2.24) is 35.4 Å². The number of benzene rings is 4. The van der Waals surface area contributed by atoms with Crippen molar-refractivity contribution in [2.45, 2.75) is 31.7 Å². The molecule has 2 heterocycles. The van der Waals surface area contributed by atoms with Crippen LogP contribution in [0, 0.1) is 5.82 Å². The minimum absolute atomic E-state index is 0.0164. The van der Waals surface area contributed by atoms with Gasteiger partial charge in [0.15, 0.2) is 0 Å². The van der Waals surface area contributed by atoms with E-state index in [9.17, 15) is 18.8 Å². The molecule has 1 unspecified atom stereocenters. The molecule has 4 aromatic carbocycles. The lowest BCUT2D eigenvalue weighted by atomic mass is 9.99. The second-order valence-electron chi connectivity index (χ2n) is 13.4. The molecule has 11 nitrogen and oxygen atoms in total. The van der Waals surface area contributed by atoms with Crippen molar-refractivity contribution in [3.63, 3.8) is 0 Å². The molecule has 2 fully saturated rings. The fraction of sp³-hybridized carbons (Fsp3) is 0.325. The summed E-state index contributed by atoms with van der Waals surface area (Å²) in [5, 5.41) is 11.6. The number of hydrogen-bond donors (Lipinski definition) is 2. The van der Waals surface area contributed by atoms with Crippen LogP contribution in [0.15, 0.2) is 104 Å². The van der Waals surface area contributed by atoms with Gasteiger partial charge in [-0.2, -0.15) is 5.01 Å². The highest BCUT2D eigenvalue weighted by Gasteiger charge is 2.48. The Morgan fingerprint density at radius 3 is 2.42 bits per heavy atom. The molecule has 0 bridgehead atoms. The summed E-state index contributed by atoms with van der Waals surface area (Å²) in [6.07, 6.45) is 1.32. The number of fused-ring (bicyclic) bond motifs is 2. The third-order valence-electron chi connectivity index (χ3n) is 9.53. The van der Waals surface area contributed by atoms with Crippen LogP contribution in [-0.2, 0) is 24.3 Å². The molecule has 2 atom stereocenters. The van der Waals surface area contributed by atoms with Gasteiger partial charge < -0.3 is 25.2 Å². The molecule has 52 heavy (non-hydrogen) atoms. The minimum atomic E-state index is -0.521. The molecule has 2 aliphatic heterocycles. The van der Waals surface area contributed by atoms with E-state index in [0.29, 0.717) is 51.4 Å². The highest BCUT2D eigenvalue weighted by molar-refractivity contribution is 5.87. The zero-order valence-corrected chi connectivity index (χ0v) is 29.7. The second kappa shape index (κ2) is 16.8. The quantitative estimate of drug-likeness (QED) is 0.192. The molecule has 4 amide bonds. The van der Waals surface area contributed by atoms with Gasteiger partial charge in [-0.25, -0.2) is 14.0 Å². The molecule has 0 saturated carbocycles. The largest absolute Gasteiger partial charge is 0.412 e. The predicted octanol–water partition coefficient (Wildman–Crippen LogP) is 4.84. The van der Waals surface area contributed by atoms with Gasteiger partial charge in [0.2, 0.25) is 5.91 Å². The third-order valence-corrected chi connectivity index (χ3v) is 9.53. The van der Waals surface area contributed by atoms with Gasteiger partial charge in [0.25, 0.3) is 0 Å². The van der Waals surface area contributed by atoms with E-state index in [-0.39, 0.29) is 37.0 Å². The van der Waals surface area contributed by atoms with E-state index < -0.39 is 12.1 Å². The third kappa shape index (κ3) is 8.76. The number of hydrogen-bond acceptors (Lipinski definition) is 7. The van der Waals surface area contributed by atoms with Crippen LogP contribution in [0.1, 0.15) is 16.7 Å². The number of nitrogens with one attached hydrogen (secondary N) is 2. The highest BCUT2D eigenvalue weighted by Crippen LogP contribution is 2.31. The molecule has 272 valence electrons. The Balaban J connectivity index is 1.22. The Morgan fingerprint density at radius 1 is 0.942 bits per heavy atom. The number of amides is 4. The van der Waals surface area contributed by atoms with Gasteiger partial charge in [-0.1, -0.05) is 72.8 Å². The average Bonchev–Trinajstić information content (AvgIpc) is 3.55. The zero-order valence-electron chi connectivity index (χ0n) is 29.7. The van der Waals surface area contributed by atoms with Crippen molar-refractivity contribution in [2.24, 2.45) is 0 Å². The van der Waals surface area contributed by atoms with Crippen molar-refractivity contribution < 1.29 is 23.5 Å². The van der Waals surface area contributed by atoms with E-state index in [0.717, 1.165) is 27.5 Å². The lowest BCUT2D eigenvalue weighted by Crippen LogP contribution is -2.65. The number of ether oxygens (including phenoxy) is 1. The molecule has 0 aliphatic carbocycles. The van der Waals surface area contributed by atoms with Crippen LogP contribution in [-0.4, -0.2) is 108 Å². The molecule has 2 aliphatic rings. The fourth-order valence-corrected chi connectivity index (χ4v) is 6.89. The van der Waals surface area contributed by atoms with Crippen molar-refractivity contribution >= 4 is 28.8 Å². The number of likely N-dealkylation sites (N-methyl/N-ethyl adjacent to an activating group) is 1. The smallest absolute Gasteiger partial charge is 0.410 e. The molecule has 0 aromatic heterocycles. The van der Waals surface area contributed by atoms with Crippen molar-refractivity contribution in [3.05, 3.63) is 126 Å². The Bertz CT molecular complexity index is 1870. The highest BCUT2D eigenvalue weighted by atomic mass is 19.1. The lowest BCUT2D eigenvalue weighted by Gasteiger charge is -2.46. The number of halogens is 1. The number of piperazine rings is 1. The second-order valence-corrected chi connectivity index (χ2v) is 13.4. The zero-order chi connectivity index (χ0) is 36.6. The van der Waals surface area contributed by atoms with E-state index in [1.807, 2.05) is 59.2 Å². The maximum atomic E-state index is 14.4. The predicted molar refractivity (Wildman–Crippen MR) is 199 cm³/mol. The summed E-state index contributed by atoms with van der Waals surface area (Å²) in [5.41, 5.74) is 2.75. The van der Waals surface area contributed by atoms with E-state index in [1.54, 1.807) is 35.4 Å². The van der Waals surface area contributed by atoms with Crippen LogP contribution in [0.3, 0.4) is 0 Å². The topological polar surface area (TPSA) is 101 Å². The van der Waals surface area contributed by atoms with E-state index >= 15 is 0 Å². The van der Waals surface area contributed by atoms with Gasteiger partial charge >= 0.3 is 12.1 Å². The maximum absolute atomic E-state index is 14.4. The summed E-state index contributed by atoms with van der Waals surface area (Å²) in [5.74, 6) is 0.0936. The van der Waals surface area contributed by atoms with Gasteiger partial charge in [-0.3, -0.25) is 14.7 Å². The van der Waals surface area contributed by atoms with Crippen LogP contribution in [0.2, 0.25) is 0 Å². The SMILES string of the molecule is C=CCN(C(=O)NCc1ccc(F)cc1)N1CCN2C(Cc3ccc(OC(=O)NCCN(C)C)cc3)C(=O)N(Cc3cccc4ccccc34)C[C@@H]21. The van der Waals surface area contributed by atoms with E-state index in [1.165, 1.54) is 12.1 Å². The number of carbonyl (C=O) groups is 3. The Labute approximate surface area is 304 Å². The fourth-order valence-electron chi connectivity index (χ4n) is 6.89. The molecule has 0 spiro atoms. The maximum Gasteiger partial charge on any atom is 0.412 e. The summed E-state index contributed by atoms with van der Waals surface area (Å²) in [6.45, 7) is 7.51. The molecule has 0 radical (unpaired) electrons. The van der Waals surface area contributed by atoms with Crippen molar-refractivity contribution in [3.8, 4) is 5.75 Å².